The highest BCUT2D eigenvalue weighted by molar-refractivity contribution is 5.54. The Bertz CT molecular complexity index is 486. The minimum absolute atomic E-state index is 0.463. The molecule has 2 heteroatoms. The van der Waals surface area contributed by atoms with E-state index in [9.17, 15) is 0 Å². The van der Waals surface area contributed by atoms with Crippen LogP contribution >= 0.6 is 0 Å². The van der Waals surface area contributed by atoms with Crippen molar-refractivity contribution >= 4 is 6.08 Å². The maximum absolute atomic E-state index is 5.99. The van der Waals surface area contributed by atoms with Crippen LogP contribution in [0, 0.1) is 11.8 Å². The fourth-order valence-electron chi connectivity index (χ4n) is 3.78. The molecule has 0 heterocycles. The van der Waals surface area contributed by atoms with Crippen LogP contribution < -0.4 is 11.1 Å². The van der Waals surface area contributed by atoms with E-state index in [0.29, 0.717) is 12.1 Å². The van der Waals surface area contributed by atoms with E-state index in [-0.39, 0.29) is 0 Å². The first-order chi connectivity index (χ1) is 10.8. The smallest absolute Gasteiger partial charge is 0.0140 e. The van der Waals surface area contributed by atoms with Gasteiger partial charge >= 0.3 is 0 Å². The van der Waals surface area contributed by atoms with E-state index in [0.717, 1.165) is 18.3 Å². The third kappa shape index (κ3) is 4.21. The van der Waals surface area contributed by atoms with Gasteiger partial charge < -0.3 is 11.1 Å². The van der Waals surface area contributed by atoms with E-state index in [1.807, 2.05) is 0 Å². The maximum atomic E-state index is 5.99. The van der Waals surface area contributed by atoms with Crippen molar-refractivity contribution in [2.75, 3.05) is 6.54 Å². The van der Waals surface area contributed by atoms with Gasteiger partial charge in [-0.1, -0.05) is 48.9 Å². The highest BCUT2D eigenvalue weighted by Crippen LogP contribution is 2.40. The summed E-state index contributed by atoms with van der Waals surface area (Å²) in [5.41, 5.74) is 8.94. The van der Waals surface area contributed by atoms with E-state index < -0.39 is 0 Å². The Kier molecular flexibility index (Phi) is 5.32. The van der Waals surface area contributed by atoms with E-state index >= 15 is 0 Å². The van der Waals surface area contributed by atoms with Gasteiger partial charge in [-0.3, -0.25) is 0 Å². The molecule has 2 nitrogen and oxygen atoms in total. The zero-order chi connectivity index (χ0) is 15.4. The molecule has 0 aromatic heterocycles. The van der Waals surface area contributed by atoms with Crippen LogP contribution in [-0.4, -0.2) is 18.6 Å². The van der Waals surface area contributed by atoms with Crippen LogP contribution in [0.5, 0.6) is 0 Å². The van der Waals surface area contributed by atoms with Crippen LogP contribution in [0.15, 0.2) is 35.9 Å². The fraction of sp³-hybridized carbons (Fsp3) is 0.600. The van der Waals surface area contributed by atoms with Gasteiger partial charge in [0.15, 0.2) is 0 Å². The van der Waals surface area contributed by atoms with E-state index in [4.69, 9.17) is 5.73 Å². The van der Waals surface area contributed by atoms with Crippen LogP contribution in [0.2, 0.25) is 0 Å². The van der Waals surface area contributed by atoms with Gasteiger partial charge in [0.1, 0.15) is 0 Å². The molecule has 2 fully saturated rings. The Hall–Kier alpha value is -1.12. The first kappa shape index (κ1) is 15.8. The van der Waals surface area contributed by atoms with Gasteiger partial charge in [0.25, 0.3) is 0 Å². The van der Waals surface area contributed by atoms with Crippen molar-refractivity contribution in [1.82, 2.24) is 5.32 Å². The maximum Gasteiger partial charge on any atom is 0.0140 e. The molecule has 0 radical (unpaired) electrons. The van der Waals surface area contributed by atoms with Gasteiger partial charge in [-0.2, -0.15) is 0 Å². The molecule has 3 rings (SSSR count). The summed E-state index contributed by atoms with van der Waals surface area (Å²) in [6, 6.07) is 11.9. The third-order valence-electron chi connectivity index (χ3n) is 5.39. The molecule has 2 aliphatic rings. The summed E-state index contributed by atoms with van der Waals surface area (Å²) in [4.78, 5) is 0. The van der Waals surface area contributed by atoms with E-state index in [1.165, 1.54) is 44.2 Å². The van der Waals surface area contributed by atoms with Crippen molar-refractivity contribution in [2.45, 2.75) is 57.5 Å². The molecule has 1 aromatic carbocycles. The predicted molar refractivity (Wildman–Crippen MR) is 94.5 cm³/mol. The highest BCUT2D eigenvalue weighted by Gasteiger charge is 2.39. The average Bonchev–Trinajstić information content (AvgIpc) is 3.32. The van der Waals surface area contributed by atoms with Crippen molar-refractivity contribution in [3.63, 3.8) is 0 Å². The van der Waals surface area contributed by atoms with Crippen LogP contribution in [0.3, 0.4) is 0 Å². The standard InChI is InChI=1S/C20H30N2/c1-2-17(12-15-6-4-3-5-7-15)19-13-20(19)22-14-16-8-10-18(21)11-9-16/h3-7,12,16,18-20,22H,2,8-11,13-14,21H2,1H3. The summed E-state index contributed by atoms with van der Waals surface area (Å²) in [5, 5.41) is 3.81. The lowest BCUT2D eigenvalue weighted by Crippen LogP contribution is -2.32. The van der Waals surface area contributed by atoms with Gasteiger partial charge in [-0.05, 0) is 62.5 Å². The molecule has 2 saturated carbocycles. The predicted octanol–water partition coefficient (Wildman–Crippen LogP) is 3.98. The quantitative estimate of drug-likeness (QED) is 0.834. The second-order valence-electron chi connectivity index (χ2n) is 7.12. The molecule has 0 amide bonds. The van der Waals surface area contributed by atoms with Crippen LogP contribution in [0.4, 0.5) is 0 Å². The van der Waals surface area contributed by atoms with Crippen LogP contribution in [0.25, 0.3) is 6.08 Å². The first-order valence-electron chi connectivity index (χ1n) is 9.00. The molecule has 2 aliphatic carbocycles. The summed E-state index contributed by atoms with van der Waals surface area (Å²) < 4.78 is 0. The molecule has 120 valence electrons. The topological polar surface area (TPSA) is 38.0 Å². The second-order valence-corrected chi connectivity index (χ2v) is 7.12. The Morgan fingerprint density at radius 1 is 1.18 bits per heavy atom. The lowest BCUT2D eigenvalue weighted by Gasteiger charge is -2.26. The normalized spacial score (nSPS) is 32.0. The molecule has 2 atom stereocenters. The molecule has 0 aliphatic heterocycles. The summed E-state index contributed by atoms with van der Waals surface area (Å²) in [7, 11) is 0. The molecule has 0 spiro atoms. The van der Waals surface area contributed by atoms with Gasteiger partial charge in [0.2, 0.25) is 0 Å². The minimum Gasteiger partial charge on any atom is -0.328 e. The van der Waals surface area contributed by atoms with Crippen molar-refractivity contribution < 1.29 is 0 Å². The summed E-state index contributed by atoms with van der Waals surface area (Å²) in [6.45, 7) is 3.48. The van der Waals surface area contributed by atoms with Crippen LogP contribution in [-0.2, 0) is 0 Å². The fourth-order valence-corrected chi connectivity index (χ4v) is 3.78. The zero-order valence-electron chi connectivity index (χ0n) is 13.8. The highest BCUT2D eigenvalue weighted by atomic mass is 15.0. The van der Waals surface area contributed by atoms with Gasteiger partial charge in [-0.15, -0.1) is 0 Å². The number of nitrogens with two attached hydrogens (primary N) is 1. The molecule has 1 aromatic rings. The lowest BCUT2D eigenvalue weighted by molar-refractivity contribution is 0.313. The van der Waals surface area contributed by atoms with Gasteiger partial charge in [0, 0.05) is 12.1 Å². The lowest BCUT2D eigenvalue weighted by atomic mass is 9.86. The van der Waals surface area contributed by atoms with Gasteiger partial charge in [0.05, 0.1) is 0 Å². The summed E-state index contributed by atoms with van der Waals surface area (Å²) in [5.74, 6) is 1.61. The van der Waals surface area contributed by atoms with Crippen molar-refractivity contribution in [3.8, 4) is 0 Å². The second kappa shape index (κ2) is 7.43. The van der Waals surface area contributed by atoms with Crippen molar-refractivity contribution in [2.24, 2.45) is 17.6 Å². The van der Waals surface area contributed by atoms with Gasteiger partial charge in [-0.25, -0.2) is 0 Å². The monoisotopic (exact) mass is 298 g/mol. The zero-order valence-corrected chi connectivity index (χ0v) is 13.8. The van der Waals surface area contributed by atoms with Crippen molar-refractivity contribution in [3.05, 3.63) is 41.5 Å². The molecular weight excluding hydrogens is 268 g/mol. The van der Waals surface area contributed by atoms with Crippen molar-refractivity contribution in [1.29, 1.82) is 0 Å². The summed E-state index contributed by atoms with van der Waals surface area (Å²) >= 11 is 0. The average molecular weight is 298 g/mol. The van der Waals surface area contributed by atoms with Crippen LogP contribution in [0.1, 0.15) is 51.0 Å². The molecular formula is C20H30N2. The van der Waals surface area contributed by atoms with E-state index in [2.05, 4.69) is 48.6 Å². The molecule has 0 bridgehead atoms. The number of rotatable bonds is 6. The third-order valence-corrected chi connectivity index (χ3v) is 5.39. The molecule has 0 saturated heterocycles. The Labute approximate surface area is 135 Å². The molecule has 22 heavy (non-hydrogen) atoms. The van der Waals surface area contributed by atoms with E-state index in [1.54, 1.807) is 5.57 Å². The Balaban J connectivity index is 1.47. The number of nitrogens with one attached hydrogen (secondary N) is 1. The Morgan fingerprint density at radius 3 is 2.59 bits per heavy atom. The molecule has 3 N–H and O–H groups in total. The minimum atomic E-state index is 0.463. The molecule has 2 unspecified atom stereocenters. The number of hydrogen-bond acceptors (Lipinski definition) is 2. The Morgan fingerprint density at radius 2 is 1.91 bits per heavy atom. The first-order valence-corrected chi connectivity index (χ1v) is 9.00. The number of hydrogen-bond donors (Lipinski definition) is 2. The summed E-state index contributed by atoms with van der Waals surface area (Å²) in [6.07, 6.45) is 9.93. The SMILES string of the molecule is CCC(=Cc1ccccc1)C1CC1NCC1CCC(N)CC1. The largest absolute Gasteiger partial charge is 0.328 e. The number of benzene rings is 1.